The predicted molar refractivity (Wildman–Crippen MR) is 67.9 cm³/mol. The van der Waals surface area contributed by atoms with Crippen molar-refractivity contribution in [1.29, 1.82) is 0 Å². The Balaban J connectivity index is 2.62. The average molecular weight is 211 g/mol. The van der Waals surface area contributed by atoms with Gasteiger partial charge < -0.3 is 4.90 Å². The second kappa shape index (κ2) is 4.86. The van der Waals surface area contributed by atoms with Gasteiger partial charge in [-0.25, -0.2) is 0 Å². The first-order valence-corrected chi connectivity index (χ1v) is 6.56. The third-order valence-corrected chi connectivity index (χ3v) is 5.22. The first-order chi connectivity index (χ1) is 6.86. The molecule has 0 aliphatic heterocycles. The molecule has 0 heterocycles. The van der Waals surface area contributed by atoms with Crippen LogP contribution in [0.5, 0.6) is 0 Å². The van der Waals surface area contributed by atoms with Gasteiger partial charge in [0.25, 0.3) is 0 Å². The molecule has 0 spiro atoms. The molecule has 0 saturated heterocycles. The molecule has 0 radical (unpaired) electrons. The van der Waals surface area contributed by atoms with Gasteiger partial charge in [-0.15, -0.1) is 0 Å². The monoisotopic (exact) mass is 211 g/mol. The lowest BCUT2D eigenvalue weighted by atomic mass is 9.89. The van der Waals surface area contributed by atoms with E-state index in [9.17, 15) is 0 Å². The Hall–Kier alpha value is -0.0400. The lowest BCUT2D eigenvalue weighted by Crippen LogP contribution is -2.34. The molecule has 1 heteroatoms. The second-order valence-corrected chi connectivity index (χ2v) is 6.13. The van der Waals surface area contributed by atoms with Crippen LogP contribution in [0, 0.1) is 29.6 Å². The largest absolute Gasteiger partial charge is 0.304 e. The van der Waals surface area contributed by atoms with E-state index in [0.717, 1.165) is 29.6 Å². The standard InChI is InChI=1S/C14H29N/c1-9(2)15(7)8-14-12(5)10(3)11(4)13(14)6/h9-14H,8H2,1-7H3. The lowest BCUT2D eigenvalue weighted by Gasteiger charge is -2.29. The molecule has 0 aromatic heterocycles. The van der Waals surface area contributed by atoms with Crippen molar-refractivity contribution in [3.63, 3.8) is 0 Å². The number of rotatable bonds is 3. The Labute approximate surface area is 96.2 Å². The van der Waals surface area contributed by atoms with Crippen molar-refractivity contribution >= 4 is 0 Å². The van der Waals surface area contributed by atoms with Crippen LogP contribution in [0.15, 0.2) is 0 Å². The predicted octanol–water partition coefficient (Wildman–Crippen LogP) is 3.50. The smallest absolute Gasteiger partial charge is 0.00356 e. The molecule has 0 aromatic rings. The third kappa shape index (κ3) is 2.55. The van der Waals surface area contributed by atoms with Crippen molar-refractivity contribution in [3.05, 3.63) is 0 Å². The zero-order valence-electron chi connectivity index (χ0n) is 11.6. The summed E-state index contributed by atoms with van der Waals surface area (Å²) in [5.74, 6) is 4.45. The van der Waals surface area contributed by atoms with Gasteiger partial charge in [0.1, 0.15) is 0 Å². The van der Waals surface area contributed by atoms with Crippen molar-refractivity contribution in [2.75, 3.05) is 13.6 Å². The fraction of sp³-hybridized carbons (Fsp3) is 1.00. The van der Waals surface area contributed by atoms with Gasteiger partial charge in [-0.2, -0.15) is 0 Å². The molecule has 1 nitrogen and oxygen atoms in total. The fourth-order valence-electron chi connectivity index (χ4n) is 3.09. The van der Waals surface area contributed by atoms with Crippen LogP contribution in [0.25, 0.3) is 0 Å². The van der Waals surface area contributed by atoms with Gasteiger partial charge in [0.05, 0.1) is 0 Å². The van der Waals surface area contributed by atoms with Crippen LogP contribution in [0.2, 0.25) is 0 Å². The average Bonchev–Trinajstić information content (AvgIpc) is 2.35. The van der Waals surface area contributed by atoms with E-state index in [1.807, 2.05) is 0 Å². The summed E-state index contributed by atoms with van der Waals surface area (Å²) in [7, 11) is 2.26. The van der Waals surface area contributed by atoms with Crippen LogP contribution >= 0.6 is 0 Å². The van der Waals surface area contributed by atoms with Gasteiger partial charge in [-0.1, -0.05) is 27.7 Å². The molecule has 4 atom stereocenters. The first kappa shape index (κ1) is 13.0. The van der Waals surface area contributed by atoms with E-state index >= 15 is 0 Å². The minimum absolute atomic E-state index is 0.676. The molecule has 4 unspecified atom stereocenters. The van der Waals surface area contributed by atoms with E-state index in [2.05, 4.69) is 53.5 Å². The zero-order valence-corrected chi connectivity index (χ0v) is 11.6. The zero-order chi connectivity index (χ0) is 11.7. The molecular formula is C14H29N. The van der Waals surface area contributed by atoms with Crippen LogP contribution in [0.1, 0.15) is 41.5 Å². The fourth-order valence-corrected chi connectivity index (χ4v) is 3.09. The maximum Gasteiger partial charge on any atom is 0.00356 e. The van der Waals surface area contributed by atoms with Gasteiger partial charge >= 0.3 is 0 Å². The molecule has 90 valence electrons. The highest BCUT2D eigenvalue weighted by atomic mass is 15.1. The molecule has 0 N–H and O–H groups in total. The summed E-state index contributed by atoms with van der Waals surface area (Å²) in [6, 6.07) is 0.676. The summed E-state index contributed by atoms with van der Waals surface area (Å²) in [6.07, 6.45) is 0. The van der Waals surface area contributed by atoms with E-state index in [1.54, 1.807) is 0 Å². The highest BCUT2D eigenvalue weighted by Crippen LogP contribution is 2.45. The lowest BCUT2D eigenvalue weighted by molar-refractivity contribution is 0.178. The number of hydrogen-bond donors (Lipinski definition) is 0. The van der Waals surface area contributed by atoms with Crippen LogP contribution in [-0.4, -0.2) is 24.5 Å². The van der Waals surface area contributed by atoms with Crippen molar-refractivity contribution in [3.8, 4) is 0 Å². The summed E-state index contributed by atoms with van der Waals surface area (Å²) in [6.45, 7) is 15.6. The topological polar surface area (TPSA) is 3.24 Å². The normalized spacial score (nSPS) is 41.8. The van der Waals surface area contributed by atoms with Crippen LogP contribution in [0.3, 0.4) is 0 Å². The van der Waals surface area contributed by atoms with Gasteiger partial charge in [-0.3, -0.25) is 0 Å². The maximum atomic E-state index is 2.50. The summed E-state index contributed by atoms with van der Waals surface area (Å²) in [5, 5.41) is 0. The molecule has 1 saturated carbocycles. The van der Waals surface area contributed by atoms with Crippen molar-refractivity contribution in [2.24, 2.45) is 29.6 Å². The molecule has 0 amide bonds. The molecule has 1 fully saturated rings. The Morgan fingerprint density at radius 1 is 0.867 bits per heavy atom. The van der Waals surface area contributed by atoms with Gasteiger partial charge in [0.2, 0.25) is 0 Å². The van der Waals surface area contributed by atoms with Crippen LogP contribution in [-0.2, 0) is 0 Å². The number of hydrogen-bond acceptors (Lipinski definition) is 1. The van der Waals surface area contributed by atoms with Gasteiger partial charge in [0, 0.05) is 12.6 Å². The quantitative estimate of drug-likeness (QED) is 0.690. The maximum absolute atomic E-state index is 2.50. The van der Waals surface area contributed by atoms with E-state index in [4.69, 9.17) is 0 Å². The number of nitrogens with zero attached hydrogens (tertiary/aromatic N) is 1. The summed E-state index contributed by atoms with van der Waals surface area (Å²) in [4.78, 5) is 2.50. The van der Waals surface area contributed by atoms with Crippen molar-refractivity contribution < 1.29 is 0 Å². The molecule has 1 rings (SSSR count). The molecule has 15 heavy (non-hydrogen) atoms. The Kier molecular flexibility index (Phi) is 4.22. The van der Waals surface area contributed by atoms with Crippen LogP contribution in [0.4, 0.5) is 0 Å². The second-order valence-electron chi connectivity index (χ2n) is 6.13. The first-order valence-electron chi connectivity index (χ1n) is 6.56. The minimum Gasteiger partial charge on any atom is -0.304 e. The van der Waals surface area contributed by atoms with Gasteiger partial charge in [-0.05, 0) is 50.5 Å². The van der Waals surface area contributed by atoms with E-state index in [1.165, 1.54) is 6.54 Å². The molecule has 1 aliphatic rings. The van der Waals surface area contributed by atoms with Crippen molar-refractivity contribution in [2.45, 2.75) is 47.6 Å². The Morgan fingerprint density at radius 3 is 1.60 bits per heavy atom. The van der Waals surface area contributed by atoms with Crippen molar-refractivity contribution in [1.82, 2.24) is 4.90 Å². The Bertz CT molecular complexity index is 186. The van der Waals surface area contributed by atoms with Gasteiger partial charge in [0.15, 0.2) is 0 Å². The van der Waals surface area contributed by atoms with E-state index in [0.29, 0.717) is 6.04 Å². The summed E-state index contributed by atoms with van der Waals surface area (Å²) >= 11 is 0. The van der Waals surface area contributed by atoms with Crippen LogP contribution < -0.4 is 0 Å². The minimum atomic E-state index is 0.676. The summed E-state index contributed by atoms with van der Waals surface area (Å²) in [5.41, 5.74) is 0. The molecular weight excluding hydrogens is 182 g/mol. The highest BCUT2D eigenvalue weighted by molar-refractivity contribution is 4.90. The molecule has 1 aliphatic carbocycles. The van der Waals surface area contributed by atoms with E-state index < -0.39 is 0 Å². The summed E-state index contributed by atoms with van der Waals surface area (Å²) < 4.78 is 0. The highest BCUT2D eigenvalue weighted by Gasteiger charge is 2.41. The Morgan fingerprint density at radius 2 is 1.27 bits per heavy atom. The SMILES string of the molecule is CC1C(C)C(C)C(CN(C)C(C)C)C1C. The third-order valence-electron chi connectivity index (χ3n) is 5.22. The molecule has 0 bridgehead atoms. The van der Waals surface area contributed by atoms with E-state index in [-0.39, 0.29) is 0 Å². The molecule has 0 aromatic carbocycles.